The van der Waals surface area contributed by atoms with Crippen LogP contribution < -0.4 is 9.04 Å². The lowest BCUT2D eigenvalue weighted by molar-refractivity contribution is 0.0728. The summed E-state index contributed by atoms with van der Waals surface area (Å²) in [6.45, 7) is 2.41. The van der Waals surface area contributed by atoms with Crippen LogP contribution in [0, 0.1) is 0 Å². The van der Waals surface area contributed by atoms with Crippen LogP contribution in [0.5, 0.6) is 5.75 Å². The minimum Gasteiger partial charge on any atom is -0.497 e. The molecule has 0 saturated carbocycles. The van der Waals surface area contributed by atoms with E-state index in [1.165, 1.54) is 26.3 Å². The van der Waals surface area contributed by atoms with Crippen LogP contribution in [0.3, 0.4) is 0 Å². The van der Waals surface area contributed by atoms with Gasteiger partial charge in [-0.2, -0.15) is 0 Å². The van der Waals surface area contributed by atoms with E-state index in [2.05, 4.69) is 10.2 Å². The van der Waals surface area contributed by atoms with E-state index in [0.717, 1.165) is 4.31 Å². The Morgan fingerprint density at radius 1 is 1.03 bits per heavy atom. The van der Waals surface area contributed by atoms with Crippen LogP contribution in [-0.4, -0.2) is 50.1 Å². The zero-order chi connectivity index (χ0) is 27.3. The van der Waals surface area contributed by atoms with E-state index in [-0.39, 0.29) is 34.7 Å². The fraction of sp³-hybridized carbons (Fsp3) is 0.222. The fourth-order valence-electron chi connectivity index (χ4n) is 3.81. The molecule has 0 N–H and O–H groups in total. The van der Waals surface area contributed by atoms with Gasteiger partial charge in [-0.15, -0.1) is 10.2 Å². The van der Waals surface area contributed by atoms with Crippen molar-refractivity contribution in [2.45, 2.75) is 24.8 Å². The van der Waals surface area contributed by atoms with Gasteiger partial charge >= 0.3 is 0 Å². The third kappa shape index (κ3) is 5.81. The number of carbonyl (C=O) groups excluding carboxylic acids is 1. The van der Waals surface area contributed by atoms with Gasteiger partial charge < -0.3 is 14.1 Å². The van der Waals surface area contributed by atoms with Crippen molar-refractivity contribution in [2.75, 3.05) is 25.0 Å². The maximum Gasteiger partial charge on any atom is 0.264 e. The molecule has 1 heterocycles. The number of anilines is 1. The van der Waals surface area contributed by atoms with Gasteiger partial charge in [0.1, 0.15) is 5.75 Å². The van der Waals surface area contributed by atoms with E-state index in [9.17, 15) is 13.2 Å². The highest BCUT2D eigenvalue weighted by atomic mass is 35.5. The number of nitrogens with zero attached hydrogens (tertiary/aromatic N) is 4. The molecule has 9 nitrogen and oxygen atoms in total. The molecule has 0 bridgehead atoms. The number of ether oxygens (including phenoxy) is 1. The quantitative estimate of drug-likeness (QED) is 0.263. The minimum absolute atomic E-state index is 0.00286. The molecule has 0 saturated heterocycles. The molecule has 4 rings (SSSR count). The van der Waals surface area contributed by atoms with Crippen molar-refractivity contribution in [1.82, 2.24) is 15.1 Å². The summed E-state index contributed by atoms with van der Waals surface area (Å²) in [5.41, 5.74) is 1.29. The van der Waals surface area contributed by atoms with Crippen LogP contribution in [0.15, 0.2) is 82.1 Å². The Labute approximate surface area is 226 Å². The molecule has 0 atom stereocenters. The minimum atomic E-state index is -3.93. The normalized spacial score (nSPS) is 11.3. The van der Waals surface area contributed by atoms with Gasteiger partial charge in [0.05, 0.1) is 34.8 Å². The van der Waals surface area contributed by atoms with Gasteiger partial charge in [-0.05, 0) is 61.0 Å². The van der Waals surface area contributed by atoms with Crippen molar-refractivity contribution in [1.29, 1.82) is 0 Å². The van der Waals surface area contributed by atoms with Crippen LogP contribution in [-0.2, 0) is 16.6 Å². The van der Waals surface area contributed by atoms with Crippen LogP contribution in [0.1, 0.15) is 29.6 Å². The smallest absolute Gasteiger partial charge is 0.264 e. The molecule has 0 fully saturated rings. The van der Waals surface area contributed by atoms with Gasteiger partial charge in [0, 0.05) is 19.2 Å². The molecule has 0 spiro atoms. The number of hydrogen-bond donors (Lipinski definition) is 0. The highest BCUT2D eigenvalue weighted by Crippen LogP contribution is 2.27. The van der Waals surface area contributed by atoms with Crippen molar-refractivity contribution in [3.63, 3.8) is 0 Å². The number of carbonyl (C=O) groups is 1. The summed E-state index contributed by atoms with van der Waals surface area (Å²) in [5.74, 6) is 0.755. The molecule has 0 unspecified atom stereocenters. The van der Waals surface area contributed by atoms with Crippen LogP contribution >= 0.6 is 11.6 Å². The maximum atomic E-state index is 13.5. The third-order valence-corrected chi connectivity index (χ3v) is 7.96. The van der Waals surface area contributed by atoms with Crippen molar-refractivity contribution in [2.24, 2.45) is 0 Å². The SMILES string of the molecule is CCCN(Cc1nnc(-c2ccccc2Cl)o1)C(=O)c1cccc(S(=O)(=O)N(C)c2ccc(OC)cc2)c1. The Kier molecular flexibility index (Phi) is 8.33. The molecular formula is C27H27ClN4O5S. The zero-order valence-electron chi connectivity index (χ0n) is 21.2. The molecule has 1 amide bonds. The molecule has 38 heavy (non-hydrogen) atoms. The van der Waals surface area contributed by atoms with E-state index in [1.807, 2.05) is 13.0 Å². The molecule has 11 heteroatoms. The lowest BCUT2D eigenvalue weighted by atomic mass is 10.2. The predicted molar refractivity (Wildman–Crippen MR) is 145 cm³/mol. The third-order valence-electron chi connectivity index (χ3n) is 5.85. The fourth-order valence-corrected chi connectivity index (χ4v) is 5.27. The van der Waals surface area contributed by atoms with Crippen molar-refractivity contribution >= 4 is 33.2 Å². The summed E-state index contributed by atoms with van der Waals surface area (Å²) in [6, 6.07) is 19.7. The van der Waals surface area contributed by atoms with Gasteiger partial charge in [0.2, 0.25) is 11.8 Å². The molecule has 0 aliphatic carbocycles. The zero-order valence-corrected chi connectivity index (χ0v) is 22.7. The first-order valence-corrected chi connectivity index (χ1v) is 13.7. The molecule has 4 aromatic rings. The first kappa shape index (κ1) is 27.2. The molecule has 0 aliphatic rings. The van der Waals surface area contributed by atoms with E-state index in [0.29, 0.717) is 35.0 Å². The lowest BCUT2D eigenvalue weighted by Crippen LogP contribution is -2.32. The van der Waals surface area contributed by atoms with Gasteiger partial charge in [0.25, 0.3) is 15.9 Å². The van der Waals surface area contributed by atoms with E-state index in [1.54, 1.807) is 59.5 Å². The van der Waals surface area contributed by atoms with Gasteiger partial charge in [-0.25, -0.2) is 8.42 Å². The predicted octanol–water partition coefficient (Wildman–Crippen LogP) is 5.28. The molecule has 0 aliphatic heterocycles. The number of halogens is 1. The standard InChI is InChI=1S/C27H27ClN4O5S/c1-4-16-32(18-25-29-30-26(37-25)23-10-5-6-11-24(23)28)27(33)19-8-7-9-22(17-19)38(34,35)31(2)20-12-14-21(36-3)15-13-20/h5-15,17H,4,16,18H2,1-3H3. The van der Waals surface area contributed by atoms with Gasteiger partial charge in [-0.1, -0.05) is 36.7 Å². The average molecular weight is 555 g/mol. The molecule has 0 radical (unpaired) electrons. The second-order valence-electron chi connectivity index (χ2n) is 8.41. The van der Waals surface area contributed by atoms with Crippen LogP contribution in [0.25, 0.3) is 11.5 Å². The second kappa shape index (κ2) is 11.7. The van der Waals surface area contributed by atoms with Crippen LogP contribution in [0.4, 0.5) is 5.69 Å². The number of methoxy groups -OCH3 is 1. The number of benzene rings is 3. The number of amides is 1. The highest BCUT2D eigenvalue weighted by Gasteiger charge is 2.25. The molecule has 1 aromatic heterocycles. The number of hydrogen-bond acceptors (Lipinski definition) is 7. The molecular weight excluding hydrogens is 528 g/mol. The van der Waals surface area contributed by atoms with Gasteiger partial charge in [-0.3, -0.25) is 9.10 Å². The van der Waals surface area contributed by atoms with Crippen molar-refractivity contribution in [3.8, 4) is 17.2 Å². The topological polar surface area (TPSA) is 106 Å². The second-order valence-corrected chi connectivity index (χ2v) is 10.8. The molecule has 198 valence electrons. The van der Waals surface area contributed by atoms with E-state index in [4.69, 9.17) is 20.8 Å². The molecule has 3 aromatic carbocycles. The Morgan fingerprint density at radius 3 is 2.45 bits per heavy atom. The summed E-state index contributed by atoms with van der Waals surface area (Å²) < 4.78 is 38.8. The highest BCUT2D eigenvalue weighted by molar-refractivity contribution is 7.92. The van der Waals surface area contributed by atoms with Crippen LogP contribution in [0.2, 0.25) is 5.02 Å². The van der Waals surface area contributed by atoms with Gasteiger partial charge in [0.15, 0.2) is 0 Å². The Balaban J connectivity index is 1.56. The largest absolute Gasteiger partial charge is 0.497 e. The first-order valence-electron chi connectivity index (χ1n) is 11.8. The summed E-state index contributed by atoms with van der Waals surface area (Å²) in [5, 5.41) is 8.62. The number of sulfonamides is 1. The summed E-state index contributed by atoms with van der Waals surface area (Å²) in [4.78, 5) is 15.0. The first-order chi connectivity index (χ1) is 18.2. The maximum absolute atomic E-state index is 13.5. The summed E-state index contributed by atoms with van der Waals surface area (Å²) in [6.07, 6.45) is 0.676. The number of rotatable bonds is 10. The average Bonchev–Trinajstić information content (AvgIpc) is 3.40. The van der Waals surface area contributed by atoms with E-state index < -0.39 is 10.0 Å². The number of aromatic nitrogens is 2. The van der Waals surface area contributed by atoms with Crippen molar-refractivity contribution in [3.05, 3.63) is 89.3 Å². The lowest BCUT2D eigenvalue weighted by Gasteiger charge is -2.22. The Morgan fingerprint density at radius 2 is 1.76 bits per heavy atom. The van der Waals surface area contributed by atoms with Crippen molar-refractivity contribution < 1.29 is 22.4 Å². The monoisotopic (exact) mass is 554 g/mol. The Hall–Kier alpha value is -3.89. The summed E-state index contributed by atoms with van der Waals surface area (Å²) >= 11 is 6.23. The Bertz CT molecular complexity index is 1520. The summed E-state index contributed by atoms with van der Waals surface area (Å²) in [7, 11) is -0.930. The van der Waals surface area contributed by atoms with E-state index >= 15 is 0 Å².